The number of primary amides is 2. The van der Waals surface area contributed by atoms with Crippen LogP contribution in [0.4, 0.5) is 0 Å². The van der Waals surface area contributed by atoms with E-state index >= 15 is 0 Å². The Morgan fingerprint density at radius 1 is 0.811 bits per heavy atom. The van der Waals surface area contributed by atoms with Gasteiger partial charge in [-0.1, -0.05) is 97.7 Å². The van der Waals surface area contributed by atoms with E-state index in [4.69, 9.17) is 17.3 Å². The number of rotatable bonds is 22. The maximum absolute atomic E-state index is 14.8. The van der Waals surface area contributed by atoms with Gasteiger partial charge in [-0.15, -0.1) is 0 Å². The summed E-state index contributed by atoms with van der Waals surface area (Å²) in [5.74, 6) is -5.39. The third kappa shape index (κ3) is 21.3. The lowest BCUT2D eigenvalue weighted by Gasteiger charge is -2.30. The number of phenols is 1. The Kier molecular flexibility index (Phi) is 26.4. The Hall–Kier alpha value is -6.25. The number of phenolic OH excluding ortho intramolecular Hbond substituents is 1. The number of aromatic hydroxyl groups is 1. The molecule has 0 spiro atoms. The minimum atomic E-state index is -1.73. The number of hydrazine groups is 2. The van der Waals surface area contributed by atoms with Crippen molar-refractivity contribution in [2.75, 3.05) is 31.1 Å². The van der Waals surface area contributed by atoms with E-state index in [1.807, 2.05) is 31.2 Å². The fourth-order valence-corrected chi connectivity index (χ4v) is 9.70. The number of benzene rings is 2. The molecule has 0 saturated carbocycles. The molecule has 1 fully saturated rings. The first-order chi connectivity index (χ1) is 35.0. The van der Waals surface area contributed by atoms with Crippen molar-refractivity contribution in [3.8, 4) is 5.75 Å². The first kappa shape index (κ1) is 62.0. The topological polar surface area (TPSA) is 374 Å². The van der Waals surface area contributed by atoms with Crippen LogP contribution in [-0.4, -0.2) is 142 Å². The Morgan fingerprint density at radius 2 is 1.46 bits per heavy atom. The molecule has 7 atom stereocenters. The molecule has 3 rings (SSSR count). The molecular weight excluding hydrogens is 999 g/mol. The highest BCUT2D eigenvalue weighted by Crippen LogP contribution is 2.24. The second kappa shape index (κ2) is 31.5. The molecule has 14 N–H and O–H groups in total. The highest BCUT2D eigenvalue weighted by molar-refractivity contribution is 8.76. The van der Waals surface area contributed by atoms with Gasteiger partial charge in [0.15, 0.2) is 0 Å². The van der Waals surface area contributed by atoms with Crippen molar-refractivity contribution in [3.63, 3.8) is 0 Å². The summed E-state index contributed by atoms with van der Waals surface area (Å²) in [6.45, 7) is 7.67. The molecule has 406 valence electrons. The van der Waals surface area contributed by atoms with Crippen LogP contribution in [0.5, 0.6) is 5.75 Å². The van der Waals surface area contributed by atoms with Gasteiger partial charge in [-0.05, 0) is 61.3 Å². The summed E-state index contributed by atoms with van der Waals surface area (Å²) in [6, 6.07) is 4.63. The van der Waals surface area contributed by atoms with Gasteiger partial charge in [0.25, 0.3) is 0 Å². The van der Waals surface area contributed by atoms with Crippen LogP contribution in [-0.2, 0) is 65.6 Å². The van der Waals surface area contributed by atoms with Gasteiger partial charge in [0.1, 0.15) is 23.9 Å². The summed E-state index contributed by atoms with van der Waals surface area (Å²) in [5.41, 5.74) is 20.9. The van der Waals surface area contributed by atoms with E-state index in [1.54, 1.807) is 27.7 Å². The molecule has 0 radical (unpaired) electrons. The Labute approximate surface area is 438 Å². The SMILES string of the molecule is CC[C@H](C)C1NN[C@@H](CCC(N)=O)C(=O)N[C@@H](CC(N)=O)C(=O)N[C@H](C(=O)N(CCc2ccc(C)cc2)CC(=O)N[C@@H](CC(C)C)C(=O)C(=O)CNN)CSSCCC(=O)N[C@@H](Cc2ccc(O)cc2)C(=O)C1=O. The van der Waals surface area contributed by atoms with Crippen LogP contribution >= 0.6 is 21.6 Å². The molecule has 1 unspecified atom stereocenters. The van der Waals surface area contributed by atoms with Crippen molar-refractivity contribution >= 4 is 86.1 Å². The molecule has 7 amide bonds. The van der Waals surface area contributed by atoms with E-state index in [2.05, 4.69) is 37.5 Å². The number of nitrogens with one attached hydrogen (secondary N) is 7. The Bertz CT molecular complexity index is 2310. The normalized spacial score (nSPS) is 20.5. The van der Waals surface area contributed by atoms with Crippen LogP contribution in [0.15, 0.2) is 48.5 Å². The molecule has 1 aliphatic heterocycles. The van der Waals surface area contributed by atoms with Crippen molar-refractivity contribution < 1.29 is 57.8 Å². The van der Waals surface area contributed by atoms with Gasteiger partial charge in [-0.25, -0.2) is 10.9 Å². The van der Waals surface area contributed by atoms with Gasteiger partial charge in [0.2, 0.25) is 64.5 Å². The summed E-state index contributed by atoms with van der Waals surface area (Å²) in [5, 5.41) is 20.2. The minimum absolute atomic E-state index is 0.0487. The predicted molar refractivity (Wildman–Crippen MR) is 278 cm³/mol. The van der Waals surface area contributed by atoms with Gasteiger partial charge < -0.3 is 42.7 Å². The molecule has 2 aromatic carbocycles. The van der Waals surface area contributed by atoms with Gasteiger partial charge in [-0.2, -0.15) is 0 Å². The number of hydrogen-bond acceptors (Lipinski definition) is 18. The average molecular weight is 1070 g/mol. The summed E-state index contributed by atoms with van der Waals surface area (Å²) in [7, 11) is 2.17. The van der Waals surface area contributed by atoms with E-state index in [0.29, 0.717) is 12.0 Å². The summed E-state index contributed by atoms with van der Waals surface area (Å²) >= 11 is 0. The van der Waals surface area contributed by atoms with Crippen molar-refractivity contribution in [2.45, 2.75) is 122 Å². The van der Waals surface area contributed by atoms with Crippen LogP contribution in [0.25, 0.3) is 0 Å². The fourth-order valence-electron chi connectivity index (χ4n) is 7.55. The molecular formula is C49H71N11O12S2. The zero-order chi connectivity index (χ0) is 55.1. The number of carbonyl (C=O) groups is 11. The van der Waals surface area contributed by atoms with Crippen molar-refractivity contribution in [2.24, 2.45) is 29.1 Å². The highest BCUT2D eigenvalue weighted by Gasteiger charge is 2.38. The molecule has 25 heteroatoms. The van der Waals surface area contributed by atoms with E-state index in [1.165, 1.54) is 24.3 Å². The summed E-state index contributed by atoms with van der Waals surface area (Å²) < 4.78 is 0. The Balaban J connectivity index is 2.11. The standard InChI is InChI=1S/C49H71N11O12S2/c1-6-29(5)43-46(69)45(68)35(22-31-11-13-32(61)14-12-31)54-41(65)18-20-73-74-26-37(57-48(71)36(23-40(51)64)56-47(70)33(58-59-43)15-16-39(50)63)49(72)60(19-17-30-9-7-28(4)8-10-30)25-42(66)55-34(21-27(2)3)44(67)38(62)24-53-52/h7-14,27,29,33-37,43,53,58-59,61H,6,15-26,52H2,1-5H3,(H2,50,63)(H2,51,64)(H,54,65)(H,55,66)(H,56,70)(H,57,71)/t29-,33-,34-,35-,36-,37-,43?/m0/s1. The number of ketones is 4. The van der Waals surface area contributed by atoms with Crippen LogP contribution in [0.2, 0.25) is 0 Å². The molecule has 0 aliphatic carbocycles. The number of nitrogens with two attached hydrogens (primary N) is 3. The summed E-state index contributed by atoms with van der Waals surface area (Å²) in [6.07, 6.45) is -1.14. The van der Waals surface area contributed by atoms with Crippen molar-refractivity contribution in [3.05, 3.63) is 65.2 Å². The third-order valence-electron chi connectivity index (χ3n) is 11.9. The first-order valence-corrected chi connectivity index (χ1v) is 26.7. The second-order valence-corrected chi connectivity index (χ2v) is 21.1. The van der Waals surface area contributed by atoms with E-state index < -0.39 is 126 Å². The van der Waals surface area contributed by atoms with Crippen LogP contribution in [0, 0.1) is 18.8 Å². The monoisotopic (exact) mass is 1070 g/mol. The lowest BCUT2D eigenvalue weighted by Crippen LogP contribution is -2.62. The second-order valence-electron chi connectivity index (χ2n) is 18.5. The summed E-state index contributed by atoms with van der Waals surface area (Å²) in [4.78, 5) is 150. The number of nitrogens with zero attached hydrogens (tertiary/aromatic N) is 1. The molecule has 74 heavy (non-hydrogen) atoms. The number of hydrogen-bond donors (Lipinski definition) is 11. The predicted octanol–water partition coefficient (Wildman–Crippen LogP) is -1.16. The third-order valence-corrected chi connectivity index (χ3v) is 14.3. The largest absolute Gasteiger partial charge is 0.508 e. The minimum Gasteiger partial charge on any atom is -0.508 e. The van der Waals surface area contributed by atoms with Gasteiger partial charge in [0.05, 0.1) is 37.6 Å². The highest BCUT2D eigenvalue weighted by atomic mass is 33.1. The maximum atomic E-state index is 14.8. The molecule has 1 heterocycles. The van der Waals surface area contributed by atoms with E-state index in [0.717, 1.165) is 37.6 Å². The number of aryl methyl sites for hydroxylation is 1. The molecule has 0 bridgehead atoms. The van der Waals surface area contributed by atoms with Crippen molar-refractivity contribution in [1.29, 1.82) is 0 Å². The van der Waals surface area contributed by atoms with E-state index in [-0.39, 0.29) is 68.2 Å². The maximum Gasteiger partial charge on any atom is 0.246 e. The zero-order valence-corrected chi connectivity index (χ0v) is 44.0. The number of Topliss-reactive ketones (excluding diaryl/α,β-unsaturated/α-hetero) is 4. The Morgan fingerprint density at radius 3 is 2.07 bits per heavy atom. The lowest BCUT2D eigenvalue weighted by atomic mass is 9.90. The molecule has 23 nitrogen and oxygen atoms in total. The molecule has 1 saturated heterocycles. The fraction of sp³-hybridized carbons (Fsp3) is 0.531. The first-order valence-electron chi connectivity index (χ1n) is 24.3. The quantitative estimate of drug-likeness (QED) is 0.0287. The smallest absolute Gasteiger partial charge is 0.246 e. The average Bonchev–Trinajstić information content (AvgIpc) is 3.34. The van der Waals surface area contributed by atoms with Crippen LogP contribution in [0.1, 0.15) is 82.9 Å². The van der Waals surface area contributed by atoms with Gasteiger partial charge in [-0.3, -0.25) is 64.0 Å². The van der Waals surface area contributed by atoms with E-state index in [9.17, 15) is 57.8 Å². The van der Waals surface area contributed by atoms with Gasteiger partial charge in [0, 0.05) is 37.3 Å². The number of carbonyl (C=O) groups excluding carboxylic acids is 11. The van der Waals surface area contributed by atoms with Crippen LogP contribution < -0.4 is 54.9 Å². The van der Waals surface area contributed by atoms with Crippen LogP contribution in [0.3, 0.4) is 0 Å². The lowest BCUT2D eigenvalue weighted by molar-refractivity contribution is -0.141. The molecule has 2 aromatic rings. The van der Waals surface area contributed by atoms with Gasteiger partial charge >= 0.3 is 0 Å². The molecule has 1 aliphatic rings. The molecule has 0 aromatic heterocycles. The zero-order valence-electron chi connectivity index (χ0n) is 42.4. The van der Waals surface area contributed by atoms with Crippen molar-refractivity contribution in [1.82, 2.24) is 42.4 Å². The number of amides is 7.